The van der Waals surface area contributed by atoms with E-state index in [9.17, 15) is 0 Å². The first-order valence-electron chi connectivity index (χ1n) is 7.56. The van der Waals surface area contributed by atoms with E-state index in [2.05, 4.69) is 71.5 Å². The van der Waals surface area contributed by atoms with Gasteiger partial charge in [0.25, 0.3) is 0 Å². The largest absolute Gasteiger partial charge is 0.308 e. The van der Waals surface area contributed by atoms with Crippen LogP contribution < -0.4 is 5.32 Å². The van der Waals surface area contributed by atoms with Crippen LogP contribution in [0.5, 0.6) is 0 Å². The summed E-state index contributed by atoms with van der Waals surface area (Å²) in [6.45, 7) is 7.50. The predicted octanol–water partition coefficient (Wildman–Crippen LogP) is 3.88. The molecule has 0 bridgehead atoms. The molecule has 0 amide bonds. The molecule has 3 heteroatoms. The second kappa shape index (κ2) is 7.25. The minimum absolute atomic E-state index is 0.306. The van der Waals surface area contributed by atoms with Gasteiger partial charge in [0.2, 0.25) is 0 Å². The predicted molar refractivity (Wildman–Crippen MR) is 83.8 cm³/mol. The highest BCUT2D eigenvalue weighted by atomic mass is 15.3. The van der Waals surface area contributed by atoms with Crippen LogP contribution in [0.3, 0.4) is 0 Å². The summed E-state index contributed by atoms with van der Waals surface area (Å²) >= 11 is 0. The van der Waals surface area contributed by atoms with Crippen LogP contribution in [0.4, 0.5) is 0 Å². The number of aryl methyl sites for hydroxylation is 1. The van der Waals surface area contributed by atoms with Crippen LogP contribution in [0.1, 0.15) is 50.0 Å². The zero-order valence-corrected chi connectivity index (χ0v) is 12.7. The van der Waals surface area contributed by atoms with E-state index in [4.69, 9.17) is 0 Å². The van der Waals surface area contributed by atoms with Crippen LogP contribution >= 0.6 is 0 Å². The molecule has 1 aromatic carbocycles. The highest BCUT2D eigenvalue weighted by Crippen LogP contribution is 2.28. The molecule has 0 radical (unpaired) electrons. The standard InChI is InChI=1S/C17H25N3/c1-4-12-18-17(15-9-7-6-8-10-15)16(5-2)20-13-11-14(3)19-20/h6-11,13,16-18H,4-5,12H2,1-3H3. The lowest BCUT2D eigenvalue weighted by atomic mass is 9.97. The highest BCUT2D eigenvalue weighted by Gasteiger charge is 2.23. The molecule has 108 valence electrons. The van der Waals surface area contributed by atoms with E-state index < -0.39 is 0 Å². The summed E-state index contributed by atoms with van der Waals surface area (Å²) in [5, 5.41) is 8.30. The third kappa shape index (κ3) is 3.48. The summed E-state index contributed by atoms with van der Waals surface area (Å²) in [6.07, 6.45) is 4.28. The molecule has 1 heterocycles. The third-order valence-electron chi connectivity index (χ3n) is 3.66. The Morgan fingerprint density at radius 2 is 1.90 bits per heavy atom. The number of nitrogens with one attached hydrogen (secondary N) is 1. The summed E-state index contributed by atoms with van der Waals surface area (Å²) in [5.74, 6) is 0. The monoisotopic (exact) mass is 271 g/mol. The lowest BCUT2D eigenvalue weighted by Crippen LogP contribution is -2.31. The fraction of sp³-hybridized carbons (Fsp3) is 0.471. The maximum absolute atomic E-state index is 4.61. The molecular formula is C17H25N3. The van der Waals surface area contributed by atoms with Crippen LogP contribution in [-0.2, 0) is 0 Å². The van der Waals surface area contributed by atoms with Gasteiger partial charge in [0.05, 0.1) is 17.8 Å². The van der Waals surface area contributed by atoms with Crippen LogP contribution in [0, 0.1) is 6.92 Å². The molecule has 0 spiro atoms. The zero-order valence-electron chi connectivity index (χ0n) is 12.7. The Morgan fingerprint density at radius 3 is 2.45 bits per heavy atom. The molecular weight excluding hydrogens is 246 g/mol. The molecule has 0 saturated heterocycles. The summed E-state index contributed by atoms with van der Waals surface area (Å²) in [6, 6.07) is 13.4. The van der Waals surface area contributed by atoms with Gasteiger partial charge in [-0.15, -0.1) is 0 Å². The Kier molecular flexibility index (Phi) is 5.36. The molecule has 20 heavy (non-hydrogen) atoms. The highest BCUT2D eigenvalue weighted by molar-refractivity contribution is 5.20. The van der Waals surface area contributed by atoms with Crippen molar-refractivity contribution in [1.29, 1.82) is 0 Å². The van der Waals surface area contributed by atoms with Gasteiger partial charge < -0.3 is 5.32 Å². The number of aromatic nitrogens is 2. The fourth-order valence-corrected chi connectivity index (χ4v) is 2.63. The summed E-state index contributed by atoms with van der Waals surface area (Å²) in [7, 11) is 0. The van der Waals surface area contributed by atoms with Gasteiger partial charge in [-0.3, -0.25) is 4.68 Å². The topological polar surface area (TPSA) is 29.9 Å². The van der Waals surface area contributed by atoms with Crippen molar-refractivity contribution in [2.24, 2.45) is 0 Å². The first-order chi connectivity index (χ1) is 9.76. The Hall–Kier alpha value is -1.61. The molecule has 2 rings (SSSR count). The molecule has 0 aliphatic heterocycles. The van der Waals surface area contributed by atoms with E-state index in [1.165, 1.54) is 5.56 Å². The van der Waals surface area contributed by atoms with Gasteiger partial charge in [-0.2, -0.15) is 5.10 Å². The van der Waals surface area contributed by atoms with Gasteiger partial charge in [-0.1, -0.05) is 44.2 Å². The number of hydrogen-bond acceptors (Lipinski definition) is 2. The van der Waals surface area contributed by atoms with Gasteiger partial charge >= 0.3 is 0 Å². The minimum Gasteiger partial charge on any atom is -0.308 e. The second-order valence-electron chi connectivity index (χ2n) is 5.26. The first-order valence-corrected chi connectivity index (χ1v) is 7.56. The normalized spacial score (nSPS) is 14.2. The summed E-state index contributed by atoms with van der Waals surface area (Å²) in [4.78, 5) is 0. The van der Waals surface area contributed by atoms with E-state index >= 15 is 0 Å². The molecule has 1 N–H and O–H groups in total. The van der Waals surface area contributed by atoms with Gasteiger partial charge in [-0.25, -0.2) is 0 Å². The fourth-order valence-electron chi connectivity index (χ4n) is 2.63. The van der Waals surface area contributed by atoms with E-state index in [-0.39, 0.29) is 0 Å². The van der Waals surface area contributed by atoms with E-state index in [1.54, 1.807) is 0 Å². The Bertz CT molecular complexity index is 504. The van der Waals surface area contributed by atoms with Crippen LogP contribution in [0.15, 0.2) is 42.6 Å². The Balaban J connectivity index is 2.28. The molecule has 0 fully saturated rings. The number of hydrogen-bond donors (Lipinski definition) is 1. The lowest BCUT2D eigenvalue weighted by molar-refractivity contribution is 0.321. The zero-order chi connectivity index (χ0) is 14.4. The maximum Gasteiger partial charge on any atom is 0.0711 e. The number of nitrogens with zero attached hydrogens (tertiary/aromatic N) is 2. The summed E-state index contributed by atoms with van der Waals surface area (Å²) in [5.41, 5.74) is 2.41. The van der Waals surface area contributed by atoms with E-state index in [0.29, 0.717) is 12.1 Å². The molecule has 1 aromatic heterocycles. The maximum atomic E-state index is 4.61. The third-order valence-corrected chi connectivity index (χ3v) is 3.66. The van der Waals surface area contributed by atoms with E-state index in [0.717, 1.165) is 25.1 Å². The molecule has 0 aliphatic carbocycles. The van der Waals surface area contributed by atoms with Crippen LogP contribution in [0.2, 0.25) is 0 Å². The average molecular weight is 271 g/mol. The Morgan fingerprint density at radius 1 is 1.15 bits per heavy atom. The minimum atomic E-state index is 0.306. The first kappa shape index (κ1) is 14.8. The van der Waals surface area contributed by atoms with Gasteiger partial charge in [0, 0.05) is 6.20 Å². The van der Waals surface area contributed by atoms with Crippen molar-refractivity contribution >= 4 is 0 Å². The van der Waals surface area contributed by atoms with Crippen LogP contribution in [-0.4, -0.2) is 16.3 Å². The Labute approximate surface area is 122 Å². The lowest BCUT2D eigenvalue weighted by Gasteiger charge is -2.28. The van der Waals surface area contributed by atoms with Crippen molar-refractivity contribution in [1.82, 2.24) is 15.1 Å². The number of rotatable bonds is 7. The van der Waals surface area contributed by atoms with Crippen LogP contribution in [0.25, 0.3) is 0 Å². The number of benzene rings is 1. The van der Waals surface area contributed by atoms with Crippen molar-refractivity contribution < 1.29 is 0 Å². The average Bonchev–Trinajstić information content (AvgIpc) is 2.90. The van der Waals surface area contributed by atoms with Crippen molar-refractivity contribution in [3.8, 4) is 0 Å². The van der Waals surface area contributed by atoms with Gasteiger partial charge in [0.1, 0.15) is 0 Å². The molecule has 2 aromatic rings. The van der Waals surface area contributed by atoms with Crippen molar-refractivity contribution in [2.75, 3.05) is 6.54 Å². The smallest absolute Gasteiger partial charge is 0.0711 e. The summed E-state index contributed by atoms with van der Waals surface area (Å²) < 4.78 is 2.11. The quantitative estimate of drug-likeness (QED) is 0.828. The van der Waals surface area contributed by atoms with Crippen molar-refractivity contribution in [3.63, 3.8) is 0 Å². The van der Waals surface area contributed by atoms with E-state index in [1.807, 2.05) is 6.92 Å². The second-order valence-corrected chi connectivity index (χ2v) is 5.26. The molecule has 2 unspecified atom stereocenters. The molecule has 0 aliphatic rings. The van der Waals surface area contributed by atoms with Crippen molar-refractivity contribution in [2.45, 2.75) is 45.7 Å². The van der Waals surface area contributed by atoms with Crippen molar-refractivity contribution in [3.05, 3.63) is 53.9 Å². The van der Waals surface area contributed by atoms with Gasteiger partial charge in [-0.05, 0) is 37.9 Å². The molecule has 3 nitrogen and oxygen atoms in total. The SMILES string of the molecule is CCCNC(c1ccccc1)C(CC)n1ccc(C)n1. The van der Waals surface area contributed by atoms with Gasteiger partial charge in [0.15, 0.2) is 0 Å². The molecule has 0 saturated carbocycles. The molecule has 2 atom stereocenters.